The third-order valence-corrected chi connectivity index (χ3v) is 1.27. The van der Waals surface area contributed by atoms with Crippen LogP contribution in [0.5, 0.6) is 0 Å². The van der Waals surface area contributed by atoms with E-state index in [0.717, 1.165) is 24.3 Å². The van der Waals surface area contributed by atoms with E-state index in [-0.39, 0.29) is 17.3 Å². The third-order valence-electron chi connectivity index (χ3n) is 1.27. The Morgan fingerprint density at radius 2 is 1.19 bits per heavy atom. The van der Waals surface area contributed by atoms with Crippen LogP contribution >= 0.6 is 0 Å². The van der Waals surface area contributed by atoms with Gasteiger partial charge in [-0.2, -0.15) is 0 Å². The fourth-order valence-corrected chi connectivity index (χ4v) is 0.696. The van der Waals surface area contributed by atoms with Crippen molar-refractivity contribution in [3.05, 3.63) is 44.5 Å². The SMILES string of the molecule is N=C(N)N.O=[N+]([O-])c1ccc([N+](=O)[O-])cc1. The Labute approximate surface area is 89.5 Å². The first-order chi connectivity index (χ1) is 7.34. The van der Waals surface area contributed by atoms with Gasteiger partial charge in [-0.1, -0.05) is 0 Å². The lowest BCUT2D eigenvalue weighted by Gasteiger charge is -1.90. The first-order valence-electron chi connectivity index (χ1n) is 3.83. The highest BCUT2D eigenvalue weighted by Crippen LogP contribution is 2.16. The predicted molar refractivity (Wildman–Crippen MR) is 55.9 cm³/mol. The number of nitrogens with two attached hydrogens (primary N) is 2. The molecule has 0 radical (unpaired) electrons. The molecule has 0 aliphatic carbocycles. The summed E-state index contributed by atoms with van der Waals surface area (Å²) in [6.45, 7) is 0. The number of nitro groups is 2. The first-order valence-corrected chi connectivity index (χ1v) is 3.83. The van der Waals surface area contributed by atoms with Crippen LogP contribution in [0.2, 0.25) is 0 Å². The molecule has 1 aromatic carbocycles. The fraction of sp³-hybridized carbons (Fsp3) is 0. The Kier molecular flexibility index (Phi) is 4.90. The summed E-state index contributed by atoms with van der Waals surface area (Å²) in [6.07, 6.45) is 0. The zero-order chi connectivity index (χ0) is 12.7. The zero-order valence-corrected chi connectivity index (χ0v) is 7.99. The first kappa shape index (κ1) is 13.3. The molecule has 0 aliphatic heterocycles. The summed E-state index contributed by atoms with van der Waals surface area (Å²) in [6, 6.07) is 4.38. The average Bonchev–Trinajstić information content (AvgIpc) is 2.17. The maximum atomic E-state index is 10.1. The standard InChI is InChI=1S/C6H4N2O4.CH5N3/c9-7(10)5-1-2-6(4-3-5)8(11)12;2-1(3)4/h1-4H;(H5,2,3,4). The number of nitro benzene ring substituents is 2. The van der Waals surface area contributed by atoms with Crippen molar-refractivity contribution in [2.45, 2.75) is 0 Å². The van der Waals surface area contributed by atoms with Crippen molar-refractivity contribution in [2.75, 3.05) is 0 Å². The van der Waals surface area contributed by atoms with Crippen LogP contribution in [-0.2, 0) is 0 Å². The minimum atomic E-state index is -0.607. The van der Waals surface area contributed by atoms with Crippen molar-refractivity contribution in [1.29, 1.82) is 5.41 Å². The monoisotopic (exact) mass is 227 g/mol. The van der Waals surface area contributed by atoms with Gasteiger partial charge in [0.1, 0.15) is 0 Å². The van der Waals surface area contributed by atoms with Gasteiger partial charge in [-0.3, -0.25) is 25.6 Å². The lowest BCUT2D eigenvalue weighted by Crippen LogP contribution is -2.20. The summed E-state index contributed by atoms with van der Waals surface area (Å²) in [5.41, 5.74) is 8.64. The van der Waals surface area contributed by atoms with Crippen LogP contribution in [0.3, 0.4) is 0 Å². The smallest absolute Gasteiger partial charge is 0.269 e. The van der Waals surface area contributed by atoms with Crippen molar-refractivity contribution < 1.29 is 9.85 Å². The largest absolute Gasteiger partial charge is 0.370 e. The molecule has 1 aromatic rings. The van der Waals surface area contributed by atoms with Gasteiger partial charge >= 0.3 is 0 Å². The summed E-state index contributed by atoms with van der Waals surface area (Å²) in [5, 5.41) is 26.3. The van der Waals surface area contributed by atoms with E-state index in [1.54, 1.807) is 0 Å². The van der Waals surface area contributed by atoms with Crippen LogP contribution < -0.4 is 11.5 Å². The van der Waals surface area contributed by atoms with Crippen molar-refractivity contribution in [3.8, 4) is 0 Å². The van der Waals surface area contributed by atoms with Gasteiger partial charge in [-0.05, 0) is 0 Å². The highest BCUT2D eigenvalue weighted by atomic mass is 16.6. The molecule has 0 fully saturated rings. The molecular formula is C7H9N5O4. The summed E-state index contributed by atoms with van der Waals surface area (Å²) in [4.78, 5) is 19.0. The van der Waals surface area contributed by atoms with E-state index in [9.17, 15) is 20.2 Å². The number of nitrogens with zero attached hydrogens (tertiary/aromatic N) is 2. The highest BCUT2D eigenvalue weighted by Gasteiger charge is 2.08. The van der Waals surface area contributed by atoms with E-state index < -0.39 is 9.85 Å². The minimum Gasteiger partial charge on any atom is -0.370 e. The molecule has 9 nitrogen and oxygen atoms in total. The molecule has 0 saturated heterocycles. The molecule has 5 N–H and O–H groups in total. The molecule has 0 amide bonds. The van der Waals surface area contributed by atoms with Gasteiger partial charge in [-0.25, -0.2) is 0 Å². The molecule has 16 heavy (non-hydrogen) atoms. The molecule has 0 bridgehead atoms. The molecule has 0 aromatic heterocycles. The van der Waals surface area contributed by atoms with Gasteiger partial charge in [0, 0.05) is 24.3 Å². The van der Waals surface area contributed by atoms with Gasteiger partial charge in [0.2, 0.25) is 0 Å². The maximum absolute atomic E-state index is 10.1. The van der Waals surface area contributed by atoms with Crippen molar-refractivity contribution in [2.24, 2.45) is 11.5 Å². The van der Waals surface area contributed by atoms with Crippen LogP contribution in [0, 0.1) is 25.6 Å². The third kappa shape index (κ3) is 5.11. The molecule has 0 saturated carbocycles. The molecule has 9 heteroatoms. The fourth-order valence-electron chi connectivity index (χ4n) is 0.696. The van der Waals surface area contributed by atoms with E-state index in [1.165, 1.54) is 0 Å². The lowest BCUT2D eigenvalue weighted by atomic mass is 10.3. The van der Waals surface area contributed by atoms with Gasteiger partial charge in [0.15, 0.2) is 5.96 Å². The van der Waals surface area contributed by atoms with Crippen LogP contribution in [-0.4, -0.2) is 15.8 Å². The molecule has 86 valence electrons. The minimum absolute atomic E-state index is 0.152. The Morgan fingerprint density at radius 3 is 1.31 bits per heavy atom. The summed E-state index contributed by atoms with van der Waals surface area (Å²) in [7, 11) is 0. The molecule has 0 heterocycles. The number of benzene rings is 1. The number of rotatable bonds is 2. The number of hydrogen-bond donors (Lipinski definition) is 3. The Morgan fingerprint density at radius 1 is 1.00 bits per heavy atom. The number of hydrogen-bond acceptors (Lipinski definition) is 5. The quantitative estimate of drug-likeness (QED) is 0.285. The van der Waals surface area contributed by atoms with Crippen molar-refractivity contribution in [1.82, 2.24) is 0 Å². The normalized spacial score (nSPS) is 8.50. The summed E-state index contributed by atoms with van der Waals surface area (Å²) in [5.74, 6) is -0.333. The van der Waals surface area contributed by atoms with Crippen LogP contribution in [0.25, 0.3) is 0 Å². The second-order valence-corrected chi connectivity index (χ2v) is 2.49. The van der Waals surface area contributed by atoms with Crippen molar-refractivity contribution >= 4 is 17.3 Å². The predicted octanol–water partition coefficient (Wildman–Crippen LogP) is 0.342. The van der Waals surface area contributed by atoms with Gasteiger partial charge in [-0.15, -0.1) is 0 Å². The zero-order valence-electron chi connectivity index (χ0n) is 7.99. The highest BCUT2D eigenvalue weighted by molar-refractivity contribution is 5.71. The van der Waals surface area contributed by atoms with Crippen LogP contribution in [0.1, 0.15) is 0 Å². The van der Waals surface area contributed by atoms with Crippen LogP contribution in [0.4, 0.5) is 11.4 Å². The topological polar surface area (TPSA) is 162 Å². The molecule has 0 atom stereocenters. The van der Waals surface area contributed by atoms with Gasteiger partial charge in [0.25, 0.3) is 11.4 Å². The number of non-ortho nitro benzene ring substituents is 2. The van der Waals surface area contributed by atoms with Crippen LogP contribution in [0.15, 0.2) is 24.3 Å². The molecule has 0 unspecified atom stereocenters. The second kappa shape index (κ2) is 5.90. The lowest BCUT2D eigenvalue weighted by molar-refractivity contribution is -0.389. The summed E-state index contributed by atoms with van der Waals surface area (Å²) < 4.78 is 0. The second-order valence-electron chi connectivity index (χ2n) is 2.49. The average molecular weight is 227 g/mol. The summed E-state index contributed by atoms with van der Waals surface area (Å²) >= 11 is 0. The molecule has 1 rings (SSSR count). The van der Waals surface area contributed by atoms with E-state index in [1.807, 2.05) is 0 Å². The van der Waals surface area contributed by atoms with Gasteiger partial charge in [0.05, 0.1) is 9.85 Å². The Bertz CT molecular complexity index is 365. The molecular weight excluding hydrogens is 218 g/mol. The number of guanidine groups is 1. The maximum Gasteiger partial charge on any atom is 0.269 e. The Balaban J connectivity index is 0.000000487. The van der Waals surface area contributed by atoms with E-state index in [4.69, 9.17) is 5.41 Å². The van der Waals surface area contributed by atoms with Gasteiger partial charge < -0.3 is 11.5 Å². The number of nitrogens with one attached hydrogen (secondary N) is 1. The van der Waals surface area contributed by atoms with E-state index in [0.29, 0.717) is 0 Å². The molecule has 0 aliphatic rings. The van der Waals surface area contributed by atoms with E-state index in [2.05, 4.69) is 11.5 Å². The van der Waals surface area contributed by atoms with E-state index >= 15 is 0 Å². The Hall–Kier alpha value is -2.71. The van der Waals surface area contributed by atoms with Crippen molar-refractivity contribution in [3.63, 3.8) is 0 Å². The molecule has 0 spiro atoms.